The summed E-state index contributed by atoms with van der Waals surface area (Å²) in [6.45, 7) is 7.40. The number of hydrogen-bond acceptors (Lipinski definition) is 5. The second-order valence-corrected chi connectivity index (χ2v) is 9.31. The highest BCUT2D eigenvalue weighted by Crippen LogP contribution is 2.45. The van der Waals surface area contributed by atoms with Crippen molar-refractivity contribution in [1.82, 2.24) is 0 Å². The number of hydrogen-bond donors (Lipinski definition) is 1. The van der Waals surface area contributed by atoms with Gasteiger partial charge in [0.25, 0.3) is 0 Å². The van der Waals surface area contributed by atoms with E-state index in [0.717, 1.165) is 46.0 Å². The molecule has 1 heterocycles. The molecular formula is C25H32FNO3S2. The van der Waals surface area contributed by atoms with Crippen LogP contribution in [-0.4, -0.2) is 29.6 Å². The number of halogens is 1. The van der Waals surface area contributed by atoms with Crippen LogP contribution in [0.25, 0.3) is 0 Å². The van der Waals surface area contributed by atoms with Crippen molar-refractivity contribution < 1.29 is 19.0 Å². The topological polar surface area (TPSA) is 49.8 Å². The van der Waals surface area contributed by atoms with Crippen LogP contribution in [0.1, 0.15) is 40.0 Å². The number of fused-ring (bicyclic) bond motifs is 1. The van der Waals surface area contributed by atoms with Gasteiger partial charge in [0.2, 0.25) is 0 Å². The zero-order chi connectivity index (χ0) is 23.5. The average Bonchev–Trinajstić information content (AvgIpc) is 2.98. The molecule has 0 fully saturated rings. The molecule has 4 nitrogen and oxygen atoms in total. The molecule has 1 N–H and O–H groups in total. The Labute approximate surface area is 199 Å². The summed E-state index contributed by atoms with van der Waals surface area (Å²) in [7, 11) is 0. The molecule has 2 aromatic carbocycles. The van der Waals surface area contributed by atoms with E-state index in [9.17, 15) is 9.18 Å². The van der Waals surface area contributed by atoms with Crippen LogP contribution in [0.3, 0.4) is 0 Å². The number of aliphatic carboxylic acids is 1. The van der Waals surface area contributed by atoms with Gasteiger partial charge >= 0.3 is 5.97 Å². The Morgan fingerprint density at radius 1 is 1.25 bits per heavy atom. The van der Waals surface area contributed by atoms with Crippen molar-refractivity contribution in [2.75, 3.05) is 23.5 Å². The fourth-order valence-electron chi connectivity index (χ4n) is 3.00. The minimum absolute atomic E-state index is 0.251. The summed E-state index contributed by atoms with van der Waals surface area (Å²) in [6.07, 6.45) is 7.81. The van der Waals surface area contributed by atoms with Gasteiger partial charge in [-0.3, -0.25) is 0 Å². The molecule has 0 aliphatic carbocycles. The van der Waals surface area contributed by atoms with E-state index in [2.05, 4.69) is 31.7 Å². The fourth-order valence-corrected chi connectivity index (χ4v) is 4.81. The van der Waals surface area contributed by atoms with E-state index in [1.54, 1.807) is 23.9 Å². The van der Waals surface area contributed by atoms with E-state index in [1.807, 2.05) is 12.3 Å². The molecule has 2 aromatic rings. The van der Waals surface area contributed by atoms with Crippen LogP contribution >= 0.6 is 23.5 Å². The molecule has 32 heavy (non-hydrogen) atoms. The van der Waals surface area contributed by atoms with Crippen LogP contribution < -0.4 is 9.64 Å². The predicted molar refractivity (Wildman–Crippen MR) is 134 cm³/mol. The quantitative estimate of drug-likeness (QED) is 0.252. The van der Waals surface area contributed by atoms with E-state index >= 15 is 0 Å². The minimum Gasteiger partial charge on any atom is -0.478 e. The Morgan fingerprint density at radius 3 is 2.50 bits per heavy atom. The second-order valence-electron chi connectivity index (χ2n) is 7.40. The summed E-state index contributed by atoms with van der Waals surface area (Å²) in [5.74, 6) is 0.799. The summed E-state index contributed by atoms with van der Waals surface area (Å²) >= 11 is 3.31. The number of benzene rings is 2. The number of carboxylic acid groups (broad SMARTS) is 1. The Bertz CT molecular complexity index is 901. The lowest BCUT2D eigenvalue weighted by Gasteiger charge is -2.28. The van der Waals surface area contributed by atoms with Gasteiger partial charge < -0.3 is 14.7 Å². The molecular weight excluding hydrogens is 445 g/mol. The van der Waals surface area contributed by atoms with Crippen LogP contribution in [0.5, 0.6) is 5.75 Å². The van der Waals surface area contributed by atoms with Gasteiger partial charge in [-0.1, -0.05) is 40.0 Å². The standard InChI is InChI=1S/C21H22FNO3S2.C4H10/c1-3-14-12-23(16-6-4-15(22)5-7-16)17-10-20(27-2)18(11-19(17)28-13-14)26-9-8-21(24)25;1-3-4-2/h4-11,14H,3,12-13H2,1-2H3,(H,24,25);3-4H2,1-2H3/b9-8+;. The average molecular weight is 478 g/mol. The van der Waals surface area contributed by atoms with Crippen LogP contribution in [0.2, 0.25) is 0 Å². The second kappa shape index (κ2) is 13.4. The van der Waals surface area contributed by atoms with Crippen molar-refractivity contribution in [2.24, 2.45) is 5.92 Å². The number of ether oxygens (including phenoxy) is 1. The van der Waals surface area contributed by atoms with Gasteiger partial charge in [-0.2, -0.15) is 0 Å². The van der Waals surface area contributed by atoms with Crippen molar-refractivity contribution in [2.45, 2.75) is 49.8 Å². The number of rotatable bonds is 7. The van der Waals surface area contributed by atoms with Gasteiger partial charge in [-0.05, 0) is 48.6 Å². The molecule has 174 valence electrons. The van der Waals surface area contributed by atoms with Crippen molar-refractivity contribution in [3.05, 3.63) is 54.6 Å². The summed E-state index contributed by atoms with van der Waals surface area (Å²) in [5.41, 5.74) is 2.02. The van der Waals surface area contributed by atoms with Gasteiger partial charge in [-0.15, -0.1) is 23.5 Å². The highest BCUT2D eigenvalue weighted by molar-refractivity contribution is 7.99. The van der Waals surface area contributed by atoms with Crippen molar-refractivity contribution >= 4 is 40.9 Å². The maximum Gasteiger partial charge on any atom is 0.331 e. The summed E-state index contributed by atoms with van der Waals surface area (Å²) < 4.78 is 19.0. The highest BCUT2D eigenvalue weighted by Gasteiger charge is 2.24. The van der Waals surface area contributed by atoms with Gasteiger partial charge in [0, 0.05) is 22.9 Å². The monoisotopic (exact) mass is 477 g/mol. The Hall–Kier alpha value is -2.12. The molecule has 3 rings (SSSR count). The van der Waals surface area contributed by atoms with Gasteiger partial charge in [-0.25, -0.2) is 9.18 Å². The third kappa shape index (κ3) is 7.48. The molecule has 1 atom stereocenters. The molecule has 7 heteroatoms. The van der Waals surface area contributed by atoms with Crippen LogP contribution in [0, 0.1) is 11.7 Å². The molecule has 1 aliphatic heterocycles. The lowest BCUT2D eigenvalue weighted by molar-refractivity contribution is -0.131. The smallest absolute Gasteiger partial charge is 0.331 e. The fraction of sp³-hybridized carbons (Fsp3) is 0.400. The Morgan fingerprint density at radius 2 is 1.94 bits per heavy atom. The molecule has 0 radical (unpaired) electrons. The van der Waals surface area contributed by atoms with Gasteiger partial charge in [0.15, 0.2) is 0 Å². The molecule has 1 unspecified atom stereocenters. The highest BCUT2D eigenvalue weighted by atomic mass is 32.2. The molecule has 0 spiro atoms. The molecule has 1 aliphatic rings. The minimum atomic E-state index is -1.05. The lowest BCUT2D eigenvalue weighted by atomic mass is 10.1. The van der Waals surface area contributed by atoms with E-state index in [-0.39, 0.29) is 5.82 Å². The van der Waals surface area contributed by atoms with Gasteiger partial charge in [0.1, 0.15) is 11.6 Å². The first-order valence-electron chi connectivity index (χ1n) is 10.9. The van der Waals surface area contributed by atoms with Crippen molar-refractivity contribution in [1.29, 1.82) is 0 Å². The number of unbranched alkanes of at least 4 members (excludes halogenated alkanes) is 1. The number of carboxylic acids is 1. The van der Waals surface area contributed by atoms with Crippen molar-refractivity contribution in [3.8, 4) is 5.75 Å². The van der Waals surface area contributed by atoms with Crippen molar-refractivity contribution in [3.63, 3.8) is 0 Å². The third-order valence-electron chi connectivity index (χ3n) is 5.07. The van der Waals surface area contributed by atoms with E-state index < -0.39 is 5.97 Å². The summed E-state index contributed by atoms with van der Waals surface area (Å²) in [6, 6.07) is 10.6. The molecule has 0 saturated carbocycles. The van der Waals surface area contributed by atoms with E-state index in [0.29, 0.717) is 11.7 Å². The first-order valence-corrected chi connectivity index (χ1v) is 13.1. The maximum absolute atomic E-state index is 13.4. The largest absolute Gasteiger partial charge is 0.478 e. The molecule has 0 aromatic heterocycles. The molecule has 0 saturated heterocycles. The zero-order valence-electron chi connectivity index (χ0n) is 19.1. The lowest BCUT2D eigenvalue weighted by Crippen LogP contribution is -2.24. The summed E-state index contributed by atoms with van der Waals surface area (Å²) in [5, 5.41) is 8.77. The van der Waals surface area contributed by atoms with Gasteiger partial charge in [0.05, 0.1) is 22.9 Å². The van der Waals surface area contributed by atoms with E-state index in [4.69, 9.17) is 9.84 Å². The number of carbonyl (C=O) groups is 1. The Balaban J connectivity index is 0.000000837. The van der Waals surface area contributed by atoms with Crippen LogP contribution in [-0.2, 0) is 4.79 Å². The maximum atomic E-state index is 13.4. The predicted octanol–water partition coefficient (Wildman–Crippen LogP) is 7.60. The molecule has 0 bridgehead atoms. The third-order valence-corrected chi connectivity index (χ3v) is 7.11. The number of thioether (sulfide) groups is 2. The first kappa shape index (κ1) is 26.1. The SMILES string of the molecule is CCC1CSc2cc(O/C=C/C(=O)O)c(SC)cc2N(c2ccc(F)cc2)C1.CCCC. The zero-order valence-corrected chi connectivity index (χ0v) is 20.8. The first-order chi connectivity index (χ1) is 15.4. The van der Waals surface area contributed by atoms with Crippen LogP contribution in [0.4, 0.5) is 15.8 Å². The van der Waals surface area contributed by atoms with Crippen LogP contribution in [0.15, 0.2) is 58.5 Å². The molecule has 0 amide bonds. The number of anilines is 2. The normalized spacial score (nSPS) is 15.5. The number of nitrogens with zero attached hydrogens (tertiary/aromatic N) is 1. The summed E-state index contributed by atoms with van der Waals surface area (Å²) in [4.78, 5) is 14.9. The van der Waals surface area contributed by atoms with E-state index in [1.165, 1.54) is 43.0 Å². The Kier molecular flexibility index (Phi) is 11.0.